The van der Waals surface area contributed by atoms with Gasteiger partial charge in [-0.3, -0.25) is 0 Å². The summed E-state index contributed by atoms with van der Waals surface area (Å²) in [5, 5.41) is 18.1. The van der Waals surface area contributed by atoms with Crippen LogP contribution in [0.3, 0.4) is 0 Å². The molecule has 4 rings (SSSR count). The molecule has 0 radical (unpaired) electrons. The maximum atomic E-state index is 10.3. The van der Waals surface area contributed by atoms with Gasteiger partial charge in [-0.2, -0.15) is 0 Å². The minimum Gasteiger partial charge on any atom is -0.506 e. The molecule has 0 atom stereocenters. The highest BCUT2D eigenvalue weighted by Gasteiger charge is 2.06. The SMILES string of the molecule is Oc1cc2ccccc2cc1Nc1cccc2ccccc12. The Morgan fingerprint density at radius 1 is 0.591 bits per heavy atom. The van der Waals surface area contributed by atoms with Crippen LogP contribution >= 0.6 is 0 Å². The highest BCUT2D eigenvalue weighted by Crippen LogP contribution is 2.33. The van der Waals surface area contributed by atoms with Crippen molar-refractivity contribution in [3.63, 3.8) is 0 Å². The van der Waals surface area contributed by atoms with Crippen LogP contribution in [0.25, 0.3) is 21.5 Å². The second kappa shape index (κ2) is 5.08. The first-order valence-corrected chi connectivity index (χ1v) is 7.28. The molecule has 0 aliphatic heterocycles. The number of benzene rings is 4. The molecule has 0 saturated carbocycles. The molecule has 22 heavy (non-hydrogen) atoms. The number of hydrogen-bond acceptors (Lipinski definition) is 2. The van der Waals surface area contributed by atoms with E-state index in [1.54, 1.807) is 6.07 Å². The van der Waals surface area contributed by atoms with E-state index in [0.29, 0.717) is 0 Å². The van der Waals surface area contributed by atoms with Crippen LogP contribution in [-0.4, -0.2) is 5.11 Å². The smallest absolute Gasteiger partial charge is 0.139 e. The third-order valence-electron chi connectivity index (χ3n) is 3.92. The van der Waals surface area contributed by atoms with Crippen molar-refractivity contribution in [2.45, 2.75) is 0 Å². The quantitative estimate of drug-likeness (QED) is 0.480. The van der Waals surface area contributed by atoms with Crippen molar-refractivity contribution in [2.75, 3.05) is 5.32 Å². The number of aromatic hydroxyl groups is 1. The van der Waals surface area contributed by atoms with E-state index in [-0.39, 0.29) is 5.75 Å². The van der Waals surface area contributed by atoms with Gasteiger partial charge in [0.25, 0.3) is 0 Å². The van der Waals surface area contributed by atoms with Gasteiger partial charge in [-0.05, 0) is 34.4 Å². The predicted octanol–water partition coefficient (Wildman–Crippen LogP) is 5.44. The molecule has 0 heterocycles. The van der Waals surface area contributed by atoms with E-state index >= 15 is 0 Å². The Kier molecular flexibility index (Phi) is 2.94. The Labute approximate surface area is 128 Å². The summed E-state index contributed by atoms with van der Waals surface area (Å²) in [5.74, 6) is 0.256. The fourth-order valence-electron chi connectivity index (χ4n) is 2.81. The van der Waals surface area contributed by atoms with Crippen molar-refractivity contribution < 1.29 is 5.11 Å². The van der Waals surface area contributed by atoms with Gasteiger partial charge < -0.3 is 10.4 Å². The first-order chi connectivity index (χ1) is 10.8. The molecule has 4 aromatic rings. The Balaban J connectivity index is 1.84. The second-order valence-electron chi connectivity index (χ2n) is 5.37. The van der Waals surface area contributed by atoms with Crippen molar-refractivity contribution in [3.8, 4) is 5.75 Å². The van der Waals surface area contributed by atoms with Gasteiger partial charge in [0.05, 0.1) is 5.69 Å². The van der Waals surface area contributed by atoms with Crippen molar-refractivity contribution >= 4 is 32.9 Å². The number of hydrogen-bond donors (Lipinski definition) is 2. The fourth-order valence-corrected chi connectivity index (χ4v) is 2.81. The maximum Gasteiger partial charge on any atom is 0.139 e. The van der Waals surface area contributed by atoms with Gasteiger partial charge in [-0.15, -0.1) is 0 Å². The van der Waals surface area contributed by atoms with Crippen LogP contribution in [0.1, 0.15) is 0 Å². The number of rotatable bonds is 2. The summed E-state index contributed by atoms with van der Waals surface area (Å²) in [6.45, 7) is 0. The van der Waals surface area contributed by atoms with E-state index in [0.717, 1.165) is 27.5 Å². The number of phenols is 1. The van der Waals surface area contributed by atoms with Gasteiger partial charge in [0.15, 0.2) is 0 Å². The zero-order chi connectivity index (χ0) is 14.9. The summed E-state index contributed by atoms with van der Waals surface area (Å²) in [4.78, 5) is 0. The van der Waals surface area contributed by atoms with Gasteiger partial charge >= 0.3 is 0 Å². The van der Waals surface area contributed by atoms with Gasteiger partial charge in [-0.1, -0.05) is 60.7 Å². The molecule has 0 fully saturated rings. The van der Waals surface area contributed by atoms with Crippen LogP contribution < -0.4 is 5.32 Å². The number of nitrogens with one attached hydrogen (secondary N) is 1. The zero-order valence-corrected chi connectivity index (χ0v) is 12.0. The van der Waals surface area contributed by atoms with Crippen molar-refractivity contribution in [3.05, 3.63) is 78.9 Å². The molecule has 0 spiro atoms. The van der Waals surface area contributed by atoms with Gasteiger partial charge in [-0.25, -0.2) is 0 Å². The highest BCUT2D eigenvalue weighted by atomic mass is 16.3. The summed E-state index contributed by atoms with van der Waals surface area (Å²) in [6, 6.07) is 26.1. The normalized spacial score (nSPS) is 10.9. The monoisotopic (exact) mass is 285 g/mol. The highest BCUT2D eigenvalue weighted by molar-refractivity contribution is 5.97. The van der Waals surface area contributed by atoms with E-state index in [9.17, 15) is 5.11 Å². The summed E-state index contributed by atoms with van der Waals surface area (Å²) < 4.78 is 0. The van der Waals surface area contributed by atoms with Crippen LogP contribution in [0, 0.1) is 0 Å². The van der Waals surface area contributed by atoms with Crippen molar-refractivity contribution in [2.24, 2.45) is 0 Å². The van der Waals surface area contributed by atoms with Crippen LogP contribution in [0.4, 0.5) is 11.4 Å². The zero-order valence-electron chi connectivity index (χ0n) is 12.0. The first-order valence-electron chi connectivity index (χ1n) is 7.28. The molecule has 0 amide bonds. The average molecular weight is 285 g/mol. The van der Waals surface area contributed by atoms with Crippen LogP contribution in [0.2, 0.25) is 0 Å². The Bertz CT molecular complexity index is 970. The van der Waals surface area contributed by atoms with E-state index in [1.165, 1.54) is 5.39 Å². The summed E-state index contributed by atoms with van der Waals surface area (Å²) in [5.41, 5.74) is 1.71. The second-order valence-corrected chi connectivity index (χ2v) is 5.37. The minimum atomic E-state index is 0.256. The number of phenolic OH excluding ortho intramolecular Hbond substituents is 1. The van der Waals surface area contributed by atoms with E-state index in [4.69, 9.17) is 0 Å². The number of fused-ring (bicyclic) bond motifs is 2. The largest absolute Gasteiger partial charge is 0.506 e. The lowest BCUT2D eigenvalue weighted by Gasteiger charge is -2.12. The van der Waals surface area contributed by atoms with Crippen molar-refractivity contribution in [1.29, 1.82) is 0 Å². The van der Waals surface area contributed by atoms with E-state index in [2.05, 4.69) is 23.5 Å². The molecule has 2 N–H and O–H groups in total. The molecule has 0 aromatic heterocycles. The predicted molar refractivity (Wildman–Crippen MR) is 92.8 cm³/mol. The Morgan fingerprint density at radius 3 is 2.05 bits per heavy atom. The third kappa shape index (κ3) is 2.15. The minimum absolute atomic E-state index is 0.256. The topological polar surface area (TPSA) is 32.3 Å². The summed E-state index contributed by atoms with van der Waals surface area (Å²) in [7, 11) is 0. The molecular weight excluding hydrogens is 270 g/mol. The fraction of sp³-hybridized carbons (Fsp3) is 0. The number of anilines is 2. The Hall–Kier alpha value is -3.00. The van der Waals surface area contributed by atoms with Gasteiger partial charge in [0, 0.05) is 11.1 Å². The lowest BCUT2D eigenvalue weighted by atomic mass is 10.1. The van der Waals surface area contributed by atoms with Crippen LogP contribution in [0.15, 0.2) is 78.9 Å². The molecule has 0 bridgehead atoms. The van der Waals surface area contributed by atoms with Crippen LogP contribution in [-0.2, 0) is 0 Å². The lowest BCUT2D eigenvalue weighted by molar-refractivity contribution is 0.478. The van der Waals surface area contributed by atoms with Crippen LogP contribution in [0.5, 0.6) is 5.75 Å². The summed E-state index contributed by atoms with van der Waals surface area (Å²) >= 11 is 0. The lowest BCUT2D eigenvalue weighted by Crippen LogP contribution is -1.92. The Morgan fingerprint density at radius 2 is 1.23 bits per heavy atom. The van der Waals surface area contributed by atoms with E-state index < -0.39 is 0 Å². The van der Waals surface area contributed by atoms with Gasteiger partial charge in [0.1, 0.15) is 5.75 Å². The first kappa shape index (κ1) is 12.7. The standard InChI is InChI=1S/C20H15NO/c22-20-13-16-8-2-1-7-15(16)12-19(20)21-18-11-5-9-14-6-3-4-10-17(14)18/h1-13,21-22H. The molecule has 2 nitrogen and oxygen atoms in total. The third-order valence-corrected chi connectivity index (χ3v) is 3.92. The molecule has 0 aliphatic carbocycles. The average Bonchev–Trinajstić information content (AvgIpc) is 2.56. The summed E-state index contributed by atoms with van der Waals surface area (Å²) in [6.07, 6.45) is 0. The molecule has 0 aliphatic rings. The maximum absolute atomic E-state index is 10.3. The van der Waals surface area contributed by atoms with E-state index in [1.807, 2.05) is 54.6 Å². The molecule has 4 aromatic carbocycles. The molecule has 0 saturated heterocycles. The van der Waals surface area contributed by atoms with Gasteiger partial charge in [0.2, 0.25) is 0 Å². The molecule has 106 valence electrons. The molecular formula is C20H15NO. The molecule has 0 unspecified atom stereocenters. The molecule has 2 heteroatoms. The van der Waals surface area contributed by atoms with Crippen molar-refractivity contribution in [1.82, 2.24) is 0 Å².